The first-order valence-electron chi connectivity index (χ1n) is 10.4. The van der Waals surface area contributed by atoms with Crippen molar-refractivity contribution >= 4 is 62.5 Å². The van der Waals surface area contributed by atoms with E-state index in [0.717, 1.165) is 15.6 Å². The summed E-state index contributed by atoms with van der Waals surface area (Å²) in [4.78, 5) is 28.1. The van der Waals surface area contributed by atoms with Gasteiger partial charge in [-0.1, -0.05) is 69.1 Å². The monoisotopic (exact) mass is 551 g/mol. The van der Waals surface area contributed by atoms with Crippen molar-refractivity contribution < 1.29 is 9.59 Å². The topological polar surface area (TPSA) is 73.2 Å². The van der Waals surface area contributed by atoms with E-state index in [9.17, 15) is 14.9 Å². The summed E-state index contributed by atoms with van der Waals surface area (Å²) < 4.78 is 0.870. The van der Waals surface area contributed by atoms with E-state index < -0.39 is 11.2 Å². The Morgan fingerprint density at radius 1 is 1.15 bits per heavy atom. The molecule has 0 saturated carbocycles. The third-order valence-electron chi connectivity index (χ3n) is 5.20. The Bertz CT molecular complexity index is 1320. The van der Waals surface area contributed by atoms with E-state index >= 15 is 0 Å². The number of hydrogen-bond acceptors (Lipinski definition) is 4. The summed E-state index contributed by atoms with van der Waals surface area (Å²) in [5.41, 5.74) is 3.09. The highest BCUT2D eigenvalue weighted by molar-refractivity contribution is 9.10. The van der Waals surface area contributed by atoms with Crippen molar-refractivity contribution in [2.24, 2.45) is 0 Å². The molecular formula is C26H19BrClN3O2S. The molecular weight excluding hydrogens is 534 g/mol. The van der Waals surface area contributed by atoms with E-state index in [1.54, 1.807) is 48.5 Å². The Kier molecular flexibility index (Phi) is 7.42. The van der Waals surface area contributed by atoms with Crippen molar-refractivity contribution in [2.75, 3.05) is 10.2 Å². The Morgan fingerprint density at radius 3 is 2.50 bits per heavy atom. The molecule has 1 heterocycles. The van der Waals surface area contributed by atoms with Crippen LogP contribution in [0.3, 0.4) is 0 Å². The number of carbonyl (C=O) groups excluding carboxylic acids is 2. The third kappa shape index (κ3) is 5.36. The number of nitriles is 1. The van der Waals surface area contributed by atoms with Gasteiger partial charge in [-0.3, -0.25) is 14.5 Å². The molecule has 2 amide bonds. The van der Waals surface area contributed by atoms with Crippen LogP contribution < -0.4 is 10.2 Å². The van der Waals surface area contributed by atoms with Crippen LogP contribution in [-0.2, 0) is 16.0 Å². The Balaban J connectivity index is 1.72. The number of anilines is 2. The normalized spacial score (nSPS) is 16.8. The van der Waals surface area contributed by atoms with Gasteiger partial charge in [-0.15, -0.1) is 0 Å². The molecule has 34 heavy (non-hydrogen) atoms. The fourth-order valence-corrected chi connectivity index (χ4v) is 5.29. The fourth-order valence-electron chi connectivity index (χ4n) is 3.59. The van der Waals surface area contributed by atoms with Crippen LogP contribution >= 0.6 is 39.3 Å². The second-order valence-electron chi connectivity index (χ2n) is 7.70. The summed E-state index contributed by atoms with van der Waals surface area (Å²) >= 11 is 10.6. The molecule has 8 heteroatoms. The predicted molar refractivity (Wildman–Crippen MR) is 141 cm³/mol. The molecule has 1 aliphatic heterocycles. The molecule has 1 fully saturated rings. The average Bonchev–Trinajstić information content (AvgIpc) is 3.12. The summed E-state index contributed by atoms with van der Waals surface area (Å²) in [6, 6.07) is 23.8. The van der Waals surface area contributed by atoms with E-state index in [-0.39, 0.29) is 11.5 Å². The predicted octanol–water partition coefficient (Wildman–Crippen LogP) is 6.48. The molecule has 0 aliphatic carbocycles. The second-order valence-corrected chi connectivity index (χ2v) is 10.2. The van der Waals surface area contributed by atoms with E-state index in [1.807, 2.05) is 37.3 Å². The number of rotatable bonds is 5. The maximum atomic E-state index is 13.5. The van der Waals surface area contributed by atoms with Gasteiger partial charge in [-0.05, 0) is 67.4 Å². The summed E-state index contributed by atoms with van der Waals surface area (Å²) in [6.45, 7) is 2.00. The minimum Gasteiger partial charge on any atom is -0.321 e. The van der Waals surface area contributed by atoms with E-state index in [0.29, 0.717) is 27.8 Å². The van der Waals surface area contributed by atoms with Crippen LogP contribution in [-0.4, -0.2) is 17.1 Å². The third-order valence-corrected chi connectivity index (χ3v) is 7.24. The van der Waals surface area contributed by atoms with Crippen LogP contribution in [0.15, 0.2) is 87.9 Å². The van der Waals surface area contributed by atoms with Crippen LogP contribution in [0, 0.1) is 18.3 Å². The molecule has 3 aromatic rings. The van der Waals surface area contributed by atoms with Crippen LogP contribution in [0.4, 0.5) is 11.4 Å². The zero-order valence-electron chi connectivity index (χ0n) is 18.1. The molecule has 3 aromatic carbocycles. The lowest BCUT2D eigenvalue weighted by atomic mass is 10.1. The van der Waals surface area contributed by atoms with Crippen molar-refractivity contribution in [3.05, 3.63) is 104 Å². The van der Waals surface area contributed by atoms with E-state index in [2.05, 4.69) is 21.2 Å². The fraction of sp³-hybridized carbons (Fsp3) is 0.115. The van der Waals surface area contributed by atoms with Crippen LogP contribution in [0.2, 0.25) is 5.02 Å². The molecule has 0 bridgehead atoms. The summed E-state index contributed by atoms with van der Waals surface area (Å²) in [7, 11) is 0. The van der Waals surface area contributed by atoms with Gasteiger partial charge in [0.25, 0.3) is 5.91 Å². The second kappa shape index (κ2) is 10.5. The highest BCUT2D eigenvalue weighted by atomic mass is 79.9. The molecule has 1 aliphatic rings. The van der Waals surface area contributed by atoms with Gasteiger partial charge in [-0.2, -0.15) is 5.26 Å². The minimum absolute atomic E-state index is 0.122. The van der Waals surface area contributed by atoms with Crippen molar-refractivity contribution in [3.63, 3.8) is 0 Å². The minimum atomic E-state index is -0.574. The first kappa shape index (κ1) is 24.1. The first-order chi connectivity index (χ1) is 16.4. The summed E-state index contributed by atoms with van der Waals surface area (Å²) in [6.07, 6.45) is 0.478. The maximum absolute atomic E-state index is 13.5. The molecule has 170 valence electrons. The molecule has 5 nitrogen and oxygen atoms in total. The largest absolute Gasteiger partial charge is 0.321 e. The number of hydrogen-bond donors (Lipinski definition) is 1. The van der Waals surface area contributed by atoms with Crippen molar-refractivity contribution in [3.8, 4) is 6.07 Å². The lowest BCUT2D eigenvalue weighted by Gasteiger charge is -2.19. The number of aryl methyl sites for hydroxylation is 1. The van der Waals surface area contributed by atoms with Crippen LogP contribution in [0.5, 0.6) is 0 Å². The van der Waals surface area contributed by atoms with Crippen LogP contribution in [0.25, 0.3) is 0 Å². The molecule has 1 atom stereocenters. The number of nitrogens with one attached hydrogen (secondary N) is 1. The van der Waals surface area contributed by atoms with Gasteiger partial charge in [0.1, 0.15) is 16.7 Å². The standard InChI is InChI=1S/C26H19BrClN3O2S/c1-16-3-2-4-17(13-16)14-23-25(33)31(21-11-7-19(28)8-12-21)26(34-23)22(15-29)24(32)30-20-9-5-18(27)6-10-20/h2-13,23H,14H2,1H3,(H,30,32)/b26-22-/t23-/m0/s1. The van der Waals surface area contributed by atoms with E-state index in [4.69, 9.17) is 11.6 Å². The van der Waals surface area contributed by atoms with E-state index in [1.165, 1.54) is 16.7 Å². The molecule has 4 rings (SSSR count). The number of carbonyl (C=O) groups is 2. The lowest BCUT2D eigenvalue weighted by Crippen LogP contribution is -2.30. The van der Waals surface area contributed by atoms with Crippen molar-refractivity contribution in [1.29, 1.82) is 5.26 Å². The van der Waals surface area contributed by atoms with Gasteiger partial charge in [0, 0.05) is 20.9 Å². The van der Waals surface area contributed by atoms with Gasteiger partial charge in [0.2, 0.25) is 5.91 Å². The molecule has 0 radical (unpaired) electrons. The molecule has 1 N–H and O–H groups in total. The highest BCUT2D eigenvalue weighted by Gasteiger charge is 2.40. The zero-order valence-corrected chi connectivity index (χ0v) is 21.2. The quantitative estimate of drug-likeness (QED) is 0.291. The SMILES string of the molecule is Cc1cccc(C[C@@H]2S/C(=C(/C#N)C(=O)Nc3ccc(Br)cc3)N(c3ccc(Cl)cc3)C2=O)c1. The van der Waals surface area contributed by atoms with Crippen molar-refractivity contribution in [1.82, 2.24) is 0 Å². The molecule has 0 spiro atoms. The summed E-state index contributed by atoms with van der Waals surface area (Å²) in [5, 5.41) is 13.0. The van der Waals surface area contributed by atoms with Crippen molar-refractivity contribution in [2.45, 2.75) is 18.6 Å². The Labute approximate surface area is 215 Å². The number of halogens is 2. The van der Waals surface area contributed by atoms with Gasteiger partial charge in [-0.25, -0.2) is 0 Å². The zero-order chi connectivity index (χ0) is 24.2. The number of amides is 2. The summed E-state index contributed by atoms with van der Waals surface area (Å²) in [5.74, 6) is -0.761. The average molecular weight is 553 g/mol. The number of thioether (sulfide) groups is 1. The van der Waals surface area contributed by atoms with Crippen LogP contribution in [0.1, 0.15) is 11.1 Å². The molecule has 0 unspecified atom stereocenters. The number of nitrogens with zero attached hydrogens (tertiary/aromatic N) is 2. The van der Waals surface area contributed by atoms with Gasteiger partial charge in [0.15, 0.2) is 0 Å². The van der Waals surface area contributed by atoms with Gasteiger partial charge in [0.05, 0.1) is 5.25 Å². The maximum Gasteiger partial charge on any atom is 0.269 e. The Hall–Kier alpha value is -3.05. The van der Waals surface area contributed by atoms with Gasteiger partial charge < -0.3 is 5.32 Å². The molecule has 1 saturated heterocycles. The first-order valence-corrected chi connectivity index (χ1v) is 12.4. The van der Waals surface area contributed by atoms with Gasteiger partial charge >= 0.3 is 0 Å². The Morgan fingerprint density at radius 2 is 1.85 bits per heavy atom. The number of benzene rings is 3. The smallest absolute Gasteiger partial charge is 0.269 e. The molecule has 0 aromatic heterocycles. The lowest BCUT2D eigenvalue weighted by molar-refractivity contribution is -0.117. The highest BCUT2D eigenvalue weighted by Crippen LogP contribution is 2.42.